The van der Waals surface area contributed by atoms with Crippen LogP contribution in [0.3, 0.4) is 0 Å². The smallest absolute Gasteiger partial charge is 0.255 e. The van der Waals surface area contributed by atoms with E-state index < -0.39 is 6.37 Å². The molecule has 0 N–H and O–H groups in total. The van der Waals surface area contributed by atoms with Gasteiger partial charge in [0, 0.05) is 20.7 Å². The van der Waals surface area contributed by atoms with Gasteiger partial charge in [-0.05, 0) is 24.1 Å². The van der Waals surface area contributed by atoms with E-state index in [4.69, 9.17) is 4.11 Å². The van der Waals surface area contributed by atoms with Gasteiger partial charge in [-0.15, -0.1) is 0 Å². The topological polar surface area (TPSA) is 22.0 Å². The Kier molecular flexibility index (Phi) is 1.82. The molecular formula is C13H13NO. The van der Waals surface area contributed by atoms with Crippen LogP contribution in [-0.4, -0.2) is 4.57 Å². The van der Waals surface area contributed by atoms with Gasteiger partial charge in [-0.1, -0.05) is 31.2 Å². The number of pyridine rings is 1. The van der Waals surface area contributed by atoms with Crippen molar-refractivity contribution in [2.75, 3.05) is 0 Å². The normalized spacial score (nSPS) is 14.1. The second-order valence-corrected chi connectivity index (χ2v) is 3.13. The number of rotatable bonds is 2. The van der Waals surface area contributed by atoms with Crippen molar-refractivity contribution in [3.8, 4) is 5.69 Å². The van der Waals surface area contributed by atoms with Gasteiger partial charge >= 0.3 is 0 Å². The van der Waals surface area contributed by atoms with Crippen molar-refractivity contribution in [1.29, 1.82) is 0 Å². The Morgan fingerprint density at radius 3 is 2.73 bits per heavy atom. The number of aryl methyl sites for hydroxylation is 1. The van der Waals surface area contributed by atoms with Crippen molar-refractivity contribution >= 4 is 0 Å². The minimum atomic E-state index is -1.65. The van der Waals surface area contributed by atoms with Crippen LogP contribution in [0.4, 0.5) is 0 Å². The number of benzene rings is 1. The van der Waals surface area contributed by atoms with Crippen molar-refractivity contribution in [2.24, 2.45) is 0 Å². The van der Waals surface area contributed by atoms with Crippen LogP contribution in [0, 0.1) is 0 Å². The number of hydrogen-bond acceptors (Lipinski definition) is 1. The van der Waals surface area contributed by atoms with E-state index in [0.717, 1.165) is 6.07 Å². The lowest BCUT2D eigenvalue weighted by molar-refractivity contribution is 0.953. The summed E-state index contributed by atoms with van der Waals surface area (Å²) in [6, 6.07) is 10.0. The lowest BCUT2D eigenvalue weighted by atomic mass is 10.2. The van der Waals surface area contributed by atoms with E-state index in [-0.39, 0.29) is 17.2 Å². The maximum absolute atomic E-state index is 11.8. The molecule has 1 heterocycles. The summed E-state index contributed by atoms with van der Waals surface area (Å²) in [7, 11) is 0. The highest BCUT2D eigenvalue weighted by Crippen LogP contribution is 2.05. The highest BCUT2D eigenvalue weighted by molar-refractivity contribution is 5.32. The molecule has 0 atom stereocenters. The van der Waals surface area contributed by atoms with Gasteiger partial charge in [-0.25, -0.2) is 0 Å². The van der Waals surface area contributed by atoms with E-state index in [1.807, 2.05) is 6.07 Å². The molecule has 2 rings (SSSR count). The van der Waals surface area contributed by atoms with Crippen molar-refractivity contribution in [3.63, 3.8) is 0 Å². The highest BCUT2D eigenvalue weighted by atomic mass is 16.1. The largest absolute Gasteiger partial charge is 0.284 e. The molecule has 0 radical (unpaired) electrons. The van der Waals surface area contributed by atoms with Crippen molar-refractivity contribution in [1.82, 2.24) is 4.57 Å². The van der Waals surface area contributed by atoms with Crippen molar-refractivity contribution in [2.45, 2.75) is 13.3 Å². The predicted octanol–water partition coefficient (Wildman–Crippen LogP) is 2.40. The standard InChI is InChI=1S/C13H13NO/c1-2-11-8-9-13(15)14(10-11)12-6-4-3-5-7-12/h3-10H,2H2,1H3/i2D2,8D. The number of para-hydroxylation sites is 1. The number of hydrogen-bond donors (Lipinski definition) is 0. The molecule has 2 nitrogen and oxygen atoms in total. The lowest BCUT2D eigenvalue weighted by Crippen LogP contribution is -2.16. The summed E-state index contributed by atoms with van der Waals surface area (Å²) in [6.07, 6.45) is -0.249. The van der Waals surface area contributed by atoms with Crippen LogP contribution in [0.1, 0.15) is 16.6 Å². The Bertz CT molecular complexity index is 614. The van der Waals surface area contributed by atoms with E-state index in [2.05, 4.69) is 0 Å². The van der Waals surface area contributed by atoms with E-state index in [0.29, 0.717) is 5.69 Å². The summed E-state index contributed by atoms with van der Waals surface area (Å²) in [5, 5.41) is 0. The lowest BCUT2D eigenvalue weighted by Gasteiger charge is -2.06. The number of nitrogens with zero attached hydrogens (tertiary/aromatic N) is 1. The average molecular weight is 202 g/mol. The summed E-state index contributed by atoms with van der Waals surface area (Å²) in [4.78, 5) is 11.8. The summed E-state index contributed by atoms with van der Waals surface area (Å²) in [6.45, 7) is 1.38. The molecule has 0 saturated carbocycles. The zero-order valence-electron chi connectivity index (χ0n) is 11.4. The van der Waals surface area contributed by atoms with Gasteiger partial charge < -0.3 is 0 Å². The van der Waals surface area contributed by atoms with Gasteiger partial charge in [0.25, 0.3) is 5.56 Å². The highest BCUT2D eigenvalue weighted by Gasteiger charge is 1.99. The van der Waals surface area contributed by atoms with Gasteiger partial charge in [-0.2, -0.15) is 0 Å². The molecule has 0 aliphatic carbocycles. The molecule has 0 aliphatic rings. The van der Waals surface area contributed by atoms with Crippen LogP contribution in [-0.2, 0) is 6.37 Å². The fraction of sp³-hybridized carbons (Fsp3) is 0.154. The fourth-order valence-electron chi connectivity index (χ4n) is 1.37. The van der Waals surface area contributed by atoms with Gasteiger partial charge in [0.15, 0.2) is 0 Å². The van der Waals surface area contributed by atoms with Crippen LogP contribution in [0.2, 0.25) is 0 Å². The molecule has 0 unspecified atom stereocenters. The third-order valence-electron chi connectivity index (χ3n) is 2.15. The molecule has 2 aromatic rings. The van der Waals surface area contributed by atoms with E-state index in [9.17, 15) is 4.79 Å². The minimum Gasteiger partial charge on any atom is -0.284 e. The van der Waals surface area contributed by atoms with Crippen molar-refractivity contribution < 1.29 is 4.11 Å². The molecule has 0 saturated heterocycles. The quantitative estimate of drug-likeness (QED) is 0.733. The summed E-state index contributed by atoms with van der Waals surface area (Å²) in [5.74, 6) is 0. The summed E-state index contributed by atoms with van der Waals surface area (Å²) < 4.78 is 24.4. The molecule has 0 amide bonds. The molecule has 15 heavy (non-hydrogen) atoms. The Balaban J connectivity index is 2.67. The molecule has 76 valence electrons. The Labute approximate surface area is 93.0 Å². The monoisotopic (exact) mass is 202 g/mol. The summed E-state index contributed by atoms with van der Waals surface area (Å²) in [5.41, 5.74) is 0.526. The van der Waals surface area contributed by atoms with Crippen molar-refractivity contribution in [3.05, 3.63) is 64.6 Å². The second kappa shape index (κ2) is 4.13. The SMILES string of the molecule is [2H]c1cc(=O)n(-c2ccccc2)cc1C([2H])([2H])C. The maximum atomic E-state index is 11.8. The third kappa shape index (κ3) is 1.99. The second-order valence-electron chi connectivity index (χ2n) is 3.13. The van der Waals surface area contributed by atoms with E-state index in [1.54, 1.807) is 24.3 Å². The first-order valence-corrected chi connectivity index (χ1v) is 4.69. The Morgan fingerprint density at radius 1 is 1.33 bits per heavy atom. The molecule has 1 aromatic carbocycles. The van der Waals surface area contributed by atoms with Crippen LogP contribution >= 0.6 is 0 Å². The van der Waals surface area contributed by atoms with Gasteiger partial charge in [-0.3, -0.25) is 9.36 Å². The van der Waals surface area contributed by atoms with Crippen LogP contribution in [0.15, 0.2) is 53.4 Å². The average Bonchev–Trinajstić information content (AvgIpc) is 2.28. The molecule has 0 spiro atoms. The van der Waals surface area contributed by atoms with Crippen LogP contribution < -0.4 is 5.56 Å². The molecule has 0 aliphatic heterocycles. The summed E-state index contributed by atoms with van der Waals surface area (Å²) >= 11 is 0. The van der Waals surface area contributed by atoms with Crippen LogP contribution in [0.5, 0.6) is 0 Å². The maximum Gasteiger partial charge on any atom is 0.255 e. The Morgan fingerprint density at radius 2 is 2.07 bits per heavy atom. The first kappa shape index (κ1) is 6.62. The Hall–Kier alpha value is -1.83. The molecule has 0 bridgehead atoms. The first-order valence-electron chi connectivity index (χ1n) is 6.19. The molecule has 2 heteroatoms. The third-order valence-corrected chi connectivity index (χ3v) is 2.15. The van der Waals surface area contributed by atoms with E-state index in [1.165, 1.54) is 17.7 Å². The minimum absolute atomic E-state index is 0.0697. The predicted molar refractivity (Wildman–Crippen MR) is 61.4 cm³/mol. The van der Waals surface area contributed by atoms with Crippen LogP contribution in [0.25, 0.3) is 5.69 Å². The van der Waals surface area contributed by atoms with Gasteiger partial charge in [0.05, 0.1) is 1.37 Å². The molecule has 1 aromatic heterocycles. The fourth-order valence-corrected chi connectivity index (χ4v) is 1.37. The van der Waals surface area contributed by atoms with Gasteiger partial charge in [0.2, 0.25) is 0 Å². The van der Waals surface area contributed by atoms with Gasteiger partial charge in [0.1, 0.15) is 0 Å². The number of aromatic nitrogens is 1. The molecular weight excluding hydrogens is 186 g/mol. The molecule has 0 fully saturated rings. The zero-order valence-corrected chi connectivity index (χ0v) is 8.40. The first-order chi connectivity index (χ1) is 8.39. The zero-order chi connectivity index (χ0) is 13.3. The van der Waals surface area contributed by atoms with E-state index >= 15 is 0 Å².